The molecular weight excluding hydrogens is 250 g/mol. The van der Waals surface area contributed by atoms with Crippen molar-refractivity contribution < 1.29 is 9.90 Å². The van der Waals surface area contributed by atoms with E-state index in [2.05, 4.69) is 26.0 Å². The van der Waals surface area contributed by atoms with Gasteiger partial charge in [0.25, 0.3) is 0 Å². The molecular formula is C8H10BrN3O2. The highest BCUT2D eigenvalue weighted by molar-refractivity contribution is 9.10. The summed E-state index contributed by atoms with van der Waals surface area (Å²) in [6.07, 6.45) is 2.00. The van der Waals surface area contributed by atoms with Gasteiger partial charge in [0, 0.05) is 12.5 Å². The van der Waals surface area contributed by atoms with Crippen molar-refractivity contribution >= 4 is 21.9 Å². The van der Waals surface area contributed by atoms with Crippen molar-refractivity contribution in [1.82, 2.24) is 14.8 Å². The first kappa shape index (κ1) is 9.64. The Hall–Kier alpha value is -0.910. The highest BCUT2D eigenvalue weighted by atomic mass is 79.9. The lowest BCUT2D eigenvalue weighted by molar-refractivity contribution is -0.137. The molecule has 0 saturated carbocycles. The number of fused-ring (bicyclic) bond motifs is 1. The summed E-state index contributed by atoms with van der Waals surface area (Å²) in [5.74, 6) is 0.0353. The summed E-state index contributed by atoms with van der Waals surface area (Å²) < 4.78 is 2.34. The van der Waals surface area contributed by atoms with E-state index >= 15 is 0 Å². The Kier molecular flexibility index (Phi) is 2.54. The van der Waals surface area contributed by atoms with Gasteiger partial charge in [0.2, 0.25) is 4.73 Å². The molecule has 6 heteroatoms. The molecule has 0 saturated heterocycles. The molecule has 0 bridgehead atoms. The van der Waals surface area contributed by atoms with Crippen LogP contribution < -0.4 is 0 Å². The van der Waals surface area contributed by atoms with Crippen LogP contribution in [-0.4, -0.2) is 25.8 Å². The molecule has 5 nitrogen and oxygen atoms in total. The van der Waals surface area contributed by atoms with E-state index in [0.717, 1.165) is 25.2 Å². The van der Waals surface area contributed by atoms with Crippen LogP contribution in [0.1, 0.15) is 31.0 Å². The standard InChI is InChI=1S/C8H10BrN3O2/c9-8-10-7-5(4-6(13)14)2-1-3-12(7)11-8/h5H,1-4H2,(H,13,14). The fourth-order valence-corrected chi connectivity index (χ4v) is 2.19. The van der Waals surface area contributed by atoms with Crippen LogP contribution in [0.3, 0.4) is 0 Å². The maximum absolute atomic E-state index is 10.6. The monoisotopic (exact) mass is 259 g/mol. The second-order valence-electron chi connectivity index (χ2n) is 3.40. The molecule has 0 amide bonds. The number of aliphatic carboxylic acids is 1. The maximum Gasteiger partial charge on any atom is 0.304 e. The van der Waals surface area contributed by atoms with Gasteiger partial charge in [-0.25, -0.2) is 9.67 Å². The van der Waals surface area contributed by atoms with Gasteiger partial charge in [0.15, 0.2) is 0 Å². The Morgan fingerprint density at radius 1 is 1.71 bits per heavy atom. The summed E-state index contributed by atoms with van der Waals surface area (Å²) in [6, 6.07) is 0. The molecule has 1 atom stereocenters. The van der Waals surface area contributed by atoms with E-state index in [1.165, 1.54) is 0 Å². The van der Waals surface area contributed by atoms with E-state index < -0.39 is 5.97 Å². The average Bonchev–Trinajstić information content (AvgIpc) is 2.45. The van der Waals surface area contributed by atoms with Crippen molar-refractivity contribution in [3.05, 3.63) is 10.6 Å². The fourth-order valence-electron chi connectivity index (χ4n) is 1.81. The van der Waals surface area contributed by atoms with Crippen LogP contribution in [0.4, 0.5) is 0 Å². The number of nitrogens with zero attached hydrogens (tertiary/aromatic N) is 3. The SMILES string of the molecule is O=C(O)CC1CCCn2nc(Br)nc21. The minimum absolute atomic E-state index is 0.0139. The first-order chi connectivity index (χ1) is 6.66. The molecule has 0 fully saturated rings. The predicted octanol–water partition coefficient (Wildman–Crippen LogP) is 1.39. The topological polar surface area (TPSA) is 68.0 Å². The van der Waals surface area contributed by atoms with Gasteiger partial charge in [0.1, 0.15) is 5.82 Å². The second kappa shape index (κ2) is 3.68. The molecule has 0 aromatic carbocycles. The lowest BCUT2D eigenvalue weighted by Crippen LogP contribution is -2.19. The third kappa shape index (κ3) is 1.79. The number of carboxylic acid groups (broad SMARTS) is 1. The number of halogens is 1. The van der Waals surface area contributed by atoms with Gasteiger partial charge in [-0.1, -0.05) is 0 Å². The van der Waals surface area contributed by atoms with E-state index in [4.69, 9.17) is 5.11 Å². The van der Waals surface area contributed by atoms with Gasteiger partial charge < -0.3 is 5.11 Å². The zero-order valence-electron chi connectivity index (χ0n) is 7.48. The highest BCUT2D eigenvalue weighted by Crippen LogP contribution is 2.29. The van der Waals surface area contributed by atoms with E-state index in [-0.39, 0.29) is 12.3 Å². The number of aromatic nitrogens is 3. The van der Waals surface area contributed by atoms with Gasteiger partial charge in [0.05, 0.1) is 6.42 Å². The Labute approximate surface area is 89.3 Å². The minimum atomic E-state index is -0.775. The molecule has 1 unspecified atom stereocenters. The van der Waals surface area contributed by atoms with Gasteiger partial charge in [-0.15, -0.1) is 5.10 Å². The van der Waals surface area contributed by atoms with Gasteiger partial charge >= 0.3 is 5.97 Å². The molecule has 1 aromatic heterocycles. The smallest absolute Gasteiger partial charge is 0.304 e. The third-order valence-electron chi connectivity index (χ3n) is 2.38. The number of rotatable bonds is 2. The van der Waals surface area contributed by atoms with Crippen LogP contribution >= 0.6 is 15.9 Å². The average molecular weight is 260 g/mol. The summed E-state index contributed by atoms with van der Waals surface area (Å²) in [4.78, 5) is 14.8. The lowest BCUT2D eigenvalue weighted by Gasteiger charge is -2.20. The Morgan fingerprint density at radius 3 is 3.21 bits per heavy atom. The maximum atomic E-state index is 10.6. The van der Waals surface area contributed by atoms with Crippen molar-refractivity contribution in [3.8, 4) is 0 Å². The summed E-state index contributed by atoms with van der Waals surface area (Å²) in [5, 5.41) is 12.9. The summed E-state index contributed by atoms with van der Waals surface area (Å²) in [5.41, 5.74) is 0. The van der Waals surface area contributed by atoms with Crippen LogP contribution in [-0.2, 0) is 11.3 Å². The molecule has 14 heavy (non-hydrogen) atoms. The van der Waals surface area contributed by atoms with Crippen molar-refractivity contribution in [2.75, 3.05) is 0 Å². The highest BCUT2D eigenvalue weighted by Gasteiger charge is 2.25. The van der Waals surface area contributed by atoms with Crippen LogP contribution in [0, 0.1) is 0 Å². The van der Waals surface area contributed by atoms with Crippen LogP contribution in [0.5, 0.6) is 0 Å². The van der Waals surface area contributed by atoms with Crippen molar-refractivity contribution in [2.45, 2.75) is 31.7 Å². The van der Waals surface area contributed by atoms with Crippen molar-refractivity contribution in [3.63, 3.8) is 0 Å². The van der Waals surface area contributed by atoms with Gasteiger partial charge in [-0.2, -0.15) is 0 Å². The molecule has 2 rings (SSSR count). The normalized spacial score (nSPS) is 20.5. The number of hydrogen-bond donors (Lipinski definition) is 1. The van der Waals surface area contributed by atoms with Gasteiger partial charge in [-0.05, 0) is 28.8 Å². The molecule has 1 aliphatic heterocycles. The molecule has 0 spiro atoms. The second-order valence-corrected chi connectivity index (χ2v) is 4.11. The number of carboxylic acids is 1. The summed E-state index contributed by atoms with van der Waals surface area (Å²) in [7, 11) is 0. The predicted molar refractivity (Wildman–Crippen MR) is 51.9 cm³/mol. The molecule has 2 heterocycles. The number of hydrogen-bond acceptors (Lipinski definition) is 3. The van der Waals surface area contributed by atoms with Crippen molar-refractivity contribution in [2.24, 2.45) is 0 Å². The van der Waals surface area contributed by atoms with Crippen LogP contribution in [0.2, 0.25) is 0 Å². The fraction of sp³-hybridized carbons (Fsp3) is 0.625. The first-order valence-electron chi connectivity index (χ1n) is 4.49. The lowest BCUT2D eigenvalue weighted by atomic mass is 9.96. The molecule has 1 N–H and O–H groups in total. The van der Waals surface area contributed by atoms with E-state index in [1.807, 2.05) is 0 Å². The molecule has 0 radical (unpaired) electrons. The van der Waals surface area contributed by atoms with Crippen molar-refractivity contribution in [1.29, 1.82) is 0 Å². The number of aryl methyl sites for hydroxylation is 1. The Bertz CT molecular complexity index is 363. The largest absolute Gasteiger partial charge is 0.481 e. The first-order valence-corrected chi connectivity index (χ1v) is 5.28. The van der Waals surface area contributed by atoms with Crippen LogP contribution in [0.15, 0.2) is 4.73 Å². The molecule has 0 aliphatic carbocycles. The van der Waals surface area contributed by atoms with E-state index in [0.29, 0.717) is 4.73 Å². The molecule has 1 aromatic rings. The third-order valence-corrected chi connectivity index (χ3v) is 2.72. The Morgan fingerprint density at radius 2 is 2.50 bits per heavy atom. The summed E-state index contributed by atoms with van der Waals surface area (Å²) in [6.45, 7) is 0.837. The number of carbonyl (C=O) groups is 1. The zero-order valence-corrected chi connectivity index (χ0v) is 9.07. The molecule has 1 aliphatic rings. The van der Waals surface area contributed by atoms with E-state index in [1.54, 1.807) is 4.68 Å². The molecule has 76 valence electrons. The van der Waals surface area contributed by atoms with E-state index in [9.17, 15) is 4.79 Å². The summed E-state index contributed by atoms with van der Waals surface area (Å²) >= 11 is 3.20. The Balaban J connectivity index is 2.25. The van der Waals surface area contributed by atoms with Gasteiger partial charge in [-0.3, -0.25) is 4.79 Å². The minimum Gasteiger partial charge on any atom is -0.481 e. The van der Waals surface area contributed by atoms with Crippen LogP contribution in [0.25, 0.3) is 0 Å². The zero-order chi connectivity index (χ0) is 10.1. The quantitative estimate of drug-likeness (QED) is 0.872.